The van der Waals surface area contributed by atoms with Gasteiger partial charge in [-0.05, 0) is 62.2 Å². The molecular formula is C22H28N2O4. The van der Waals surface area contributed by atoms with E-state index in [1.807, 2.05) is 45.0 Å². The fourth-order valence-electron chi connectivity index (χ4n) is 2.45. The molecule has 2 aromatic rings. The van der Waals surface area contributed by atoms with Crippen LogP contribution < -0.4 is 15.4 Å². The lowest BCUT2D eigenvalue weighted by Crippen LogP contribution is -2.27. The fraction of sp³-hybridized carbons (Fsp3) is 0.364. The lowest BCUT2D eigenvalue weighted by molar-refractivity contribution is -0.115. The van der Waals surface area contributed by atoms with E-state index < -0.39 is 0 Å². The Labute approximate surface area is 166 Å². The van der Waals surface area contributed by atoms with Crippen molar-refractivity contribution in [3.8, 4) is 5.75 Å². The predicted molar refractivity (Wildman–Crippen MR) is 110 cm³/mol. The van der Waals surface area contributed by atoms with Crippen molar-refractivity contribution >= 4 is 17.6 Å². The highest BCUT2D eigenvalue weighted by Gasteiger charge is 2.07. The number of esters is 1. The normalized spacial score (nSPS) is 10.6. The molecule has 0 aliphatic carbocycles. The standard InChI is InChI=1S/C22H28N2O4/c1-4-13-27-22(26)18-7-9-19(10-8-18)24-21(25)15-23-14-17-5-11-20(12-6-17)28-16(2)3/h5-12,16,23H,4,13-15H2,1-3H3,(H,24,25). The average molecular weight is 384 g/mol. The number of carbonyl (C=O) groups is 2. The number of rotatable bonds is 10. The third kappa shape index (κ3) is 7.40. The summed E-state index contributed by atoms with van der Waals surface area (Å²) < 4.78 is 10.7. The van der Waals surface area contributed by atoms with Gasteiger partial charge in [0.2, 0.25) is 5.91 Å². The zero-order valence-corrected chi connectivity index (χ0v) is 16.7. The number of anilines is 1. The molecule has 0 heterocycles. The summed E-state index contributed by atoms with van der Waals surface area (Å²) in [6.45, 7) is 7.08. The van der Waals surface area contributed by atoms with Crippen molar-refractivity contribution in [3.63, 3.8) is 0 Å². The van der Waals surface area contributed by atoms with Crippen LogP contribution in [0.25, 0.3) is 0 Å². The Hall–Kier alpha value is -2.86. The third-order valence-electron chi connectivity index (χ3n) is 3.75. The van der Waals surface area contributed by atoms with Gasteiger partial charge < -0.3 is 20.1 Å². The molecule has 2 N–H and O–H groups in total. The Kier molecular flexibility index (Phi) is 8.49. The van der Waals surface area contributed by atoms with Crippen LogP contribution in [-0.2, 0) is 16.1 Å². The first-order chi connectivity index (χ1) is 13.5. The smallest absolute Gasteiger partial charge is 0.338 e. The Morgan fingerprint density at radius 2 is 1.68 bits per heavy atom. The number of hydrogen-bond acceptors (Lipinski definition) is 5. The molecule has 28 heavy (non-hydrogen) atoms. The molecular weight excluding hydrogens is 356 g/mol. The van der Waals surface area contributed by atoms with Gasteiger partial charge >= 0.3 is 5.97 Å². The van der Waals surface area contributed by atoms with Crippen LogP contribution in [0.5, 0.6) is 5.75 Å². The van der Waals surface area contributed by atoms with E-state index in [9.17, 15) is 9.59 Å². The molecule has 1 amide bonds. The van der Waals surface area contributed by atoms with Crippen molar-refractivity contribution in [2.45, 2.75) is 39.8 Å². The molecule has 2 rings (SSSR count). The molecule has 0 aromatic heterocycles. The summed E-state index contributed by atoms with van der Waals surface area (Å²) in [5.74, 6) is 0.325. The molecule has 0 radical (unpaired) electrons. The van der Waals surface area contributed by atoms with Crippen LogP contribution in [0.4, 0.5) is 5.69 Å². The SMILES string of the molecule is CCCOC(=O)c1ccc(NC(=O)CNCc2ccc(OC(C)C)cc2)cc1. The number of carbonyl (C=O) groups excluding carboxylic acids is 2. The highest BCUT2D eigenvalue weighted by atomic mass is 16.5. The van der Waals surface area contributed by atoms with E-state index in [2.05, 4.69) is 10.6 Å². The summed E-state index contributed by atoms with van der Waals surface area (Å²) in [6.07, 6.45) is 0.923. The van der Waals surface area contributed by atoms with E-state index in [0.717, 1.165) is 17.7 Å². The second-order valence-corrected chi connectivity index (χ2v) is 6.68. The van der Waals surface area contributed by atoms with E-state index in [1.54, 1.807) is 24.3 Å². The maximum Gasteiger partial charge on any atom is 0.338 e. The Morgan fingerprint density at radius 1 is 1.00 bits per heavy atom. The van der Waals surface area contributed by atoms with Crippen molar-refractivity contribution in [3.05, 3.63) is 59.7 Å². The maximum absolute atomic E-state index is 12.1. The van der Waals surface area contributed by atoms with Crippen LogP contribution in [-0.4, -0.2) is 31.1 Å². The van der Waals surface area contributed by atoms with E-state index >= 15 is 0 Å². The quantitative estimate of drug-likeness (QED) is 0.610. The molecule has 0 aliphatic heterocycles. The summed E-state index contributed by atoms with van der Waals surface area (Å²) in [4.78, 5) is 23.8. The molecule has 0 fully saturated rings. The van der Waals surface area contributed by atoms with Gasteiger partial charge in [0, 0.05) is 12.2 Å². The van der Waals surface area contributed by atoms with Crippen molar-refractivity contribution in [2.75, 3.05) is 18.5 Å². The molecule has 0 spiro atoms. The largest absolute Gasteiger partial charge is 0.491 e. The van der Waals surface area contributed by atoms with Crippen molar-refractivity contribution in [2.24, 2.45) is 0 Å². The van der Waals surface area contributed by atoms with Crippen LogP contribution in [0, 0.1) is 0 Å². The Bertz CT molecular complexity index is 755. The number of benzene rings is 2. The molecule has 0 aliphatic rings. The predicted octanol–water partition coefficient (Wildman–Crippen LogP) is 3.77. The van der Waals surface area contributed by atoms with Crippen molar-refractivity contribution in [1.29, 1.82) is 0 Å². The van der Waals surface area contributed by atoms with E-state index in [1.165, 1.54) is 0 Å². The Balaban J connectivity index is 1.74. The number of hydrogen-bond donors (Lipinski definition) is 2. The number of amides is 1. The minimum atomic E-state index is -0.355. The van der Waals surface area contributed by atoms with Gasteiger partial charge in [-0.2, -0.15) is 0 Å². The summed E-state index contributed by atoms with van der Waals surface area (Å²) in [7, 11) is 0. The molecule has 6 heteroatoms. The zero-order chi connectivity index (χ0) is 20.4. The topological polar surface area (TPSA) is 76.7 Å². The van der Waals surface area contributed by atoms with Crippen LogP contribution >= 0.6 is 0 Å². The summed E-state index contributed by atoms with van der Waals surface area (Å²) in [6, 6.07) is 14.4. The van der Waals surface area contributed by atoms with Gasteiger partial charge in [-0.1, -0.05) is 19.1 Å². The van der Waals surface area contributed by atoms with E-state index in [4.69, 9.17) is 9.47 Å². The Morgan fingerprint density at radius 3 is 2.29 bits per heavy atom. The monoisotopic (exact) mass is 384 g/mol. The second kappa shape index (κ2) is 11.1. The van der Waals surface area contributed by atoms with Gasteiger partial charge in [0.05, 0.1) is 24.8 Å². The van der Waals surface area contributed by atoms with Gasteiger partial charge in [-0.3, -0.25) is 4.79 Å². The van der Waals surface area contributed by atoms with Gasteiger partial charge in [0.1, 0.15) is 5.75 Å². The first kappa shape index (κ1) is 21.4. The van der Waals surface area contributed by atoms with Crippen LogP contribution in [0.1, 0.15) is 43.1 Å². The van der Waals surface area contributed by atoms with E-state index in [-0.39, 0.29) is 24.5 Å². The van der Waals surface area contributed by atoms with Crippen LogP contribution in [0.3, 0.4) is 0 Å². The first-order valence-corrected chi connectivity index (χ1v) is 9.51. The summed E-state index contributed by atoms with van der Waals surface area (Å²) in [5, 5.41) is 5.90. The molecule has 0 bridgehead atoms. The zero-order valence-electron chi connectivity index (χ0n) is 16.7. The molecule has 6 nitrogen and oxygen atoms in total. The number of nitrogens with one attached hydrogen (secondary N) is 2. The van der Waals surface area contributed by atoms with Gasteiger partial charge in [0.25, 0.3) is 0 Å². The molecule has 0 unspecified atom stereocenters. The molecule has 150 valence electrons. The number of ether oxygens (including phenoxy) is 2. The summed E-state index contributed by atoms with van der Waals surface area (Å²) >= 11 is 0. The molecule has 0 saturated heterocycles. The highest BCUT2D eigenvalue weighted by Crippen LogP contribution is 2.14. The third-order valence-corrected chi connectivity index (χ3v) is 3.75. The van der Waals surface area contributed by atoms with Gasteiger partial charge in [-0.15, -0.1) is 0 Å². The molecule has 2 aromatic carbocycles. The minimum absolute atomic E-state index is 0.142. The minimum Gasteiger partial charge on any atom is -0.491 e. The lowest BCUT2D eigenvalue weighted by Gasteiger charge is -2.11. The molecule has 0 atom stereocenters. The lowest BCUT2D eigenvalue weighted by atomic mass is 10.2. The highest BCUT2D eigenvalue weighted by molar-refractivity contribution is 5.94. The molecule has 0 saturated carbocycles. The summed E-state index contributed by atoms with van der Waals surface area (Å²) in [5.41, 5.74) is 2.17. The fourth-order valence-corrected chi connectivity index (χ4v) is 2.45. The van der Waals surface area contributed by atoms with Gasteiger partial charge in [0.15, 0.2) is 0 Å². The van der Waals surface area contributed by atoms with Crippen molar-refractivity contribution in [1.82, 2.24) is 5.32 Å². The van der Waals surface area contributed by atoms with Crippen LogP contribution in [0.15, 0.2) is 48.5 Å². The maximum atomic E-state index is 12.1. The van der Waals surface area contributed by atoms with Gasteiger partial charge in [-0.25, -0.2) is 4.79 Å². The first-order valence-electron chi connectivity index (χ1n) is 9.51. The van der Waals surface area contributed by atoms with E-state index in [0.29, 0.717) is 24.4 Å². The van der Waals surface area contributed by atoms with Crippen molar-refractivity contribution < 1.29 is 19.1 Å². The second-order valence-electron chi connectivity index (χ2n) is 6.68. The average Bonchev–Trinajstić information content (AvgIpc) is 2.67. The van der Waals surface area contributed by atoms with Crippen LogP contribution in [0.2, 0.25) is 0 Å².